The first-order chi connectivity index (χ1) is 21.8. The van der Waals surface area contributed by atoms with E-state index in [9.17, 15) is 14.4 Å². The van der Waals surface area contributed by atoms with Crippen LogP contribution in [0.15, 0.2) is 118 Å². The number of anilines is 2. The van der Waals surface area contributed by atoms with Crippen molar-refractivity contribution in [2.24, 2.45) is 5.10 Å². The van der Waals surface area contributed by atoms with E-state index in [0.717, 1.165) is 5.56 Å². The van der Waals surface area contributed by atoms with Gasteiger partial charge in [0, 0.05) is 11.7 Å². The zero-order valence-electron chi connectivity index (χ0n) is 25.6. The fourth-order valence-electron chi connectivity index (χ4n) is 5.13. The molecule has 0 saturated carbocycles. The normalized spacial score (nSPS) is 11.4. The van der Waals surface area contributed by atoms with Crippen LogP contribution in [0.25, 0.3) is 11.0 Å². The van der Waals surface area contributed by atoms with E-state index >= 15 is 0 Å². The Morgan fingerprint density at radius 2 is 1.29 bits per heavy atom. The van der Waals surface area contributed by atoms with Gasteiger partial charge in [-0.15, -0.1) is 0 Å². The SMILES string of the molecule is COc1ccc(Cn2c(=O)/c(=N\Nc3ccccc3)c(=O)n(CC(=O)N(c3ccc(OC)cc3)C(C)C)c3ccccc32)cc1. The van der Waals surface area contributed by atoms with Gasteiger partial charge in [0.05, 0.1) is 37.5 Å². The number of hydrogen-bond donors (Lipinski definition) is 1. The second-order valence-electron chi connectivity index (χ2n) is 10.6. The molecule has 1 N–H and O–H groups in total. The number of rotatable bonds is 10. The molecule has 1 amide bonds. The molecule has 5 rings (SSSR count). The first-order valence-corrected chi connectivity index (χ1v) is 14.5. The summed E-state index contributed by atoms with van der Waals surface area (Å²) in [6, 6.07) is 30.4. The van der Waals surface area contributed by atoms with Crippen LogP contribution in [0.4, 0.5) is 11.4 Å². The molecule has 0 unspecified atom stereocenters. The molecule has 1 aromatic heterocycles. The van der Waals surface area contributed by atoms with E-state index in [1.54, 1.807) is 79.8 Å². The summed E-state index contributed by atoms with van der Waals surface area (Å²) in [5, 5.41) is 3.97. The van der Waals surface area contributed by atoms with Gasteiger partial charge in [-0.05, 0) is 80.1 Å². The van der Waals surface area contributed by atoms with Gasteiger partial charge in [-0.2, -0.15) is 5.10 Å². The van der Waals surface area contributed by atoms with Gasteiger partial charge in [0.25, 0.3) is 11.1 Å². The number of hydrogen-bond acceptors (Lipinski definition) is 7. The van der Waals surface area contributed by atoms with Crippen molar-refractivity contribution in [2.75, 3.05) is 24.5 Å². The summed E-state index contributed by atoms with van der Waals surface area (Å²) in [7, 11) is 3.16. The number of ether oxygens (including phenoxy) is 2. The number of para-hydroxylation sites is 3. The number of nitrogens with one attached hydrogen (secondary N) is 1. The summed E-state index contributed by atoms with van der Waals surface area (Å²) in [5.41, 5.74) is 4.52. The first-order valence-electron chi connectivity index (χ1n) is 14.5. The lowest BCUT2D eigenvalue weighted by Gasteiger charge is -2.27. The number of carbonyl (C=O) groups is 1. The first kappa shape index (κ1) is 30.8. The van der Waals surface area contributed by atoms with Gasteiger partial charge in [0.2, 0.25) is 11.3 Å². The maximum atomic E-state index is 14.3. The standard InChI is InChI=1S/C35H35N5O5/c1-24(2)40(27-16-20-29(45-4)21-17-27)32(41)23-39-31-13-9-8-12-30(31)38(22-25-14-18-28(44-3)19-15-25)34(42)33(35(39)43)37-36-26-10-6-5-7-11-26/h5-21,24,36H,22-23H2,1-4H3/b37-33+. The summed E-state index contributed by atoms with van der Waals surface area (Å²) in [5.74, 6) is 1.01. The van der Waals surface area contributed by atoms with Gasteiger partial charge >= 0.3 is 0 Å². The number of carbonyl (C=O) groups excluding carboxylic acids is 1. The zero-order chi connectivity index (χ0) is 31.9. The third-order valence-electron chi connectivity index (χ3n) is 7.36. The number of nitrogens with zero attached hydrogens (tertiary/aromatic N) is 4. The Bertz CT molecular complexity index is 1980. The van der Waals surface area contributed by atoms with Crippen molar-refractivity contribution in [1.29, 1.82) is 0 Å². The van der Waals surface area contributed by atoms with Crippen LogP contribution in [-0.4, -0.2) is 35.3 Å². The Hall–Kier alpha value is -5.64. The van der Waals surface area contributed by atoms with Crippen molar-refractivity contribution in [3.05, 3.63) is 135 Å². The molecule has 0 spiro atoms. The largest absolute Gasteiger partial charge is 0.497 e. The van der Waals surface area contributed by atoms with E-state index < -0.39 is 11.1 Å². The Morgan fingerprint density at radius 1 is 0.756 bits per heavy atom. The fourth-order valence-corrected chi connectivity index (χ4v) is 5.13. The molecule has 0 radical (unpaired) electrons. The Kier molecular flexibility index (Phi) is 9.43. The van der Waals surface area contributed by atoms with Crippen LogP contribution in [0.3, 0.4) is 0 Å². The van der Waals surface area contributed by atoms with E-state index in [1.165, 1.54) is 9.13 Å². The molecule has 45 heavy (non-hydrogen) atoms. The number of aromatic nitrogens is 2. The third-order valence-corrected chi connectivity index (χ3v) is 7.36. The molecule has 0 fully saturated rings. The molecule has 230 valence electrons. The molecular weight excluding hydrogens is 570 g/mol. The zero-order valence-corrected chi connectivity index (χ0v) is 25.6. The quantitative estimate of drug-likeness (QED) is 0.233. The molecule has 0 saturated heterocycles. The Morgan fingerprint density at radius 3 is 1.87 bits per heavy atom. The number of fused-ring (bicyclic) bond motifs is 1. The van der Waals surface area contributed by atoms with E-state index in [-0.39, 0.29) is 30.4 Å². The van der Waals surface area contributed by atoms with E-state index in [0.29, 0.717) is 33.9 Å². The van der Waals surface area contributed by atoms with Crippen molar-refractivity contribution in [1.82, 2.24) is 9.13 Å². The minimum Gasteiger partial charge on any atom is -0.497 e. The highest BCUT2D eigenvalue weighted by molar-refractivity contribution is 5.94. The summed E-state index contributed by atoms with van der Waals surface area (Å²) >= 11 is 0. The van der Waals surface area contributed by atoms with Crippen molar-refractivity contribution in [2.45, 2.75) is 33.0 Å². The highest BCUT2D eigenvalue weighted by Crippen LogP contribution is 2.22. The maximum absolute atomic E-state index is 14.3. The van der Waals surface area contributed by atoms with E-state index in [1.807, 2.05) is 56.3 Å². The van der Waals surface area contributed by atoms with Gasteiger partial charge < -0.3 is 18.9 Å². The van der Waals surface area contributed by atoms with E-state index in [2.05, 4.69) is 10.5 Å². The van der Waals surface area contributed by atoms with Crippen molar-refractivity contribution in [3.8, 4) is 11.5 Å². The van der Waals surface area contributed by atoms with Crippen LogP contribution in [0.5, 0.6) is 11.5 Å². The van der Waals surface area contributed by atoms with Crippen LogP contribution in [0.2, 0.25) is 0 Å². The lowest BCUT2D eigenvalue weighted by molar-refractivity contribution is -0.119. The number of benzene rings is 4. The molecule has 1 heterocycles. The summed E-state index contributed by atoms with van der Waals surface area (Å²) < 4.78 is 13.4. The highest BCUT2D eigenvalue weighted by atomic mass is 16.5. The van der Waals surface area contributed by atoms with Crippen LogP contribution in [0.1, 0.15) is 19.4 Å². The van der Waals surface area contributed by atoms with Crippen molar-refractivity contribution >= 4 is 28.3 Å². The topological polar surface area (TPSA) is 107 Å². The van der Waals surface area contributed by atoms with Crippen LogP contribution in [-0.2, 0) is 17.9 Å². The molecule has 5 aromatic rings. The number of methoxy groups -OCH3 is 2. The second kappa shape index (κ2) is 13.8. The lowest BCUT2D eigenvalue weighted by Crippen LogP contribution is -2.47. The number of amides is 1. The molecule has 0 aliphatic carbocycles. The smallest absolute Gasteiger partial charge is 0.285 e. The van der Waals surface area contributed by atoms with Gasteiger partial charge in [-0.25, -0.2) is 0 Å². The van der Waals surface area contributed by atoms with Crippen LogP contribution in [0, 0.1) is 0 Å². The van der Waals surface area contributed by atoms with Crippen molar-refractivity contribution < 1.29 is 14.3 Å². The fraction of sp³-hybridized carbons (Fsp3) is 0.200. The minimum atomic E-state index is -0.695. The molecule has 0 atom stereocenters. The molecule has 0 aliphatic rings. The molecule has 10 nitrogen and oxygen atoms in total. The lowest BCUT2D eigenvalue weighted by atomic mass is 10.2. The molecule has 10 heteroatoms. The van der Waals surface area contributed by atoms with Gasteiger partial charge in [-0.3, -0.25) is 24.4 Å². The predicted octanol–water partition coefficient (Wildman–Crippen LogP) is 4.60. The second-order valence-corrected chi connectivity index (χ2v) is 10.6. The van der Waals surface area contributed by atoms with Gasteiger partial charge in [0.1, 0.15) is 18.0 Å². The van der Waals surface area contributed by atoms with Crippen LogP contribution < -0.4 is 36.3 Å². The Balaban J connectivity index is 1.71. The molecule has 0 bridgehead atoms. The Labute approximate surface area is 260 Å². The minimum absolute atomic E-state index is 0.156. The summed E-state index contributed by atoms with van der Waals surface area (Å²) in [6.07, 6.45) is 0. The van der Waals surface area contributed by atoms with Crippen molar-refractivity contribution in [3.63, 3.8) is 0 Å². The summed E-state index contributed by atoms with van der Waals surface area (Å²) in [4.78, 5) is 44.1. The van der Waals surface area contributed by atoms with Gasteiger partial charge in [0.15, 0.2) is 0 Å². The van der Waals surface area contributed by atoms with E-state index in [4.69, 9.17) is 9.47 Å². The molecular formula is C35H35N5O5. The highest BCUT2D eigenvalue weighted by Gasteiger charge is 2.22. The molecule has 0 aliphatic heterocycles. The maximum Gasteiger partial charge on any atom is 0.285 e. The van der Waals surface area contributed by atoms with Crippen LogP contribution >= 0.6 is 0 Å². The predicted molar refractivity (Wildman–Crippen MR) is 176 cm³/mol. The third kappa shape index (κ3) is 6.80. The summed E-state index contributed by atoms with van der Waals surface area (Å²) in [6.45, 7) is 3.63. The molecule has 4 aromatic carbocycles. The average molecular weight is 606 g/mol. The average Bonchev–Trinajstić information content (AvgIpc) is 3.14. The van der Waals surface area contributed by atoms with Gasteiger partial charge in [-0.1, -0.05) is 42.5 Å². The monoisotopic (exact) mass is 605 g/mol.